The van der Waals surface area contributed by atoms with Gasteiger partial charge < -0.3 is 10.1 Å². The summed E-state index contributed by atoms with van der Waals surface area (Å²) in [5, 5.41) is 3.21. The molecular weight excluding hydrogens is 290 g/mol. The van der Waals surface area contributed by atoms with E-state index >= 15 is 0 Å². The van der Waals surface area contributed by atoms with Crippen LogP contribution in [0, 0.1) is 5.92 Å². The number of carbonyl (C=O) groups excluding carboxylic acids is 1. The number of methoxy groups -OCH3 is 1. The van der Waals surface area contributed by atoms with Gasteiger partial charge in [0.25, 0.3) is 0 Å². The van der Waals surface area contributed by atoms with Crippen LogP contribution < -0.4 is 5.32 Å². The molecule has 2 rings (SSSR count). The summed E-state index contributed by atoms with van der Waals surface area (Å²) in [5.41, 5.74) is 0.899. The normalized spacial score (nSPS) is 21.9. The van der Waals surface area contributed by atoms with Crippen LogP contribution in [-0.2, 0) is 19.4 Å². The van der Waals surface area contributed by atoms with E-state index in [2.05, 4.69) is 5.32 Å². The Morgan fingerprint density at radius 1 is 1.38 bits per heavy atom. The van der Waals surface area contributed by atoms with Gasteiger partial charge in [-0.05, 0) is 24.4 Å². The predicted molar refractivity (Wildman–Crippen MR) is 80.8 cm³/mol. The van der Waals surface area contributed by atoms with Crippen LogP contribution in [0.2, 0.25) is 0 Å². The summed E-state index contributed by atoms with van der Waals surface area (Å²) in [4.78, 5) is 11.9. The minimum Gasteiger partial charge on any atom is -0.469 e. The number of hydrogen-bond donors (Lipinski definition) is 1. The molecule has 1 aromatic rings. The van der Waals surface area contributed by atoms with Crippen LogP contribution in [-0.4, -0.2) is 46.1 Å². The molecule has 0 saturated carbocycles. The first-order valence-electron chi connectivity index (χ1n) is 7.06. The molecule has 21 heavy (non-hydrogen) atoms. The zero-order chi connectivity index (χ0) is 15.3. The monoisotopic (exact) mass is 311 g/mol. The topological polar surface area (TPSA) is 72.5 Å². The van der Waals surface area contributed by atoms with Crippen molar-refractivity contribution in [2.45, 2.75) is 12.3 Å². The Kier molecular flexibility index (Phi) is 5.36. The van der Waals surface area contributed by atoms with Crippen LogP contribution in [0.4, 0.5) is 0 Å². The summed E-state index contributed by atoms with van der Waals surface area (Å²) in [6.07, 6.45) is 0.698. The standard InChI is InChI=1S/C15H21NO4S/c1-20-15(17)14(13-5-3-2-4-6-13)10-16-9-12-7-8-21(18,19)11-12/h2-6,12,14,16H,7-11H2,1H3. The zero-order valence-electron chi connectivity index (χ0n) is 12.1. The summed E-state index contributed by atoms with van der Waals surface area (Å²) >= 11 is 0. The number of sulfone groups is 1. The SMILES string of the molecule is COC(=O)C(CNCC1CCS(=O)(=O)C1)c1ccccc1. The molecule has 1 aliphatic heterocycles. The molecular formula is C15H21NO4S. The van der Waals surface area contributed by atoms with Crippen molar-refractivity contribution in [3.05, 3.63) is 35.9 Å². The lowest BCUT2D eigenvalue weighted by molar-refractivity contribution is -0.142. The Morgan fingerprint density at radius 3 is 2.67 bits per heavy atom. The number of nitrogens with one attached hydrogen (secondary N) is 1. The molecule has 1 aromatic carbocycles. The van der Waals surface area contributed by atoms with Gasteiger partial charge >= 0.3 is 5.97 Å². The number of hydrogen-bond acceptors (Lipinski definition) is 5. The highest BCUT2D eigenvalue weighted by molar-refractivity contribution is 7.91. The van der Waals surface area contributed by atoms with Gasteiger partial charge in [0.15, 0.2) is 9.84 Å². The van der Waals surface area contributed by atoms with E-state index in [1.807, 2.05) is 30.3 Å². The summed E-state index contributed by atoms with van der Waals surface area (Å²) in [6.45, 7) is 1.06. The molecule has 2 atom stereocenters. The Bertz CT molecular complexity index is 571. The van der Waals surface area contributed by atoms with Gasteiger partial charge in [-0.25, -0.2) is 8.42 Å². The van der Waals surface area contributed by atoms with Crippen molar-refractivity contribution in [1.29, 1.82) is 0 Å². The van der Waals surface area contributed by atoms with Crippen LogP contribution in [0.5, 0.6) is 0 Å². The van der Waals surface area contributed by atoms with E-state index < -0.39 is 9.84 Å². The minimum atomic E-state index is -2.85. The first-order chi connectivity index (χ1) is 10.0. The summed E-state index contributed by atoms with van der Waals surface area (Å²) in [7, 11) is -1.47. The number of esters is 1. The highest BCUT2D eigenvalue weighted by Crippen LogP contribution is 2.19. The van der Waals surface area contributed by atoms with E-state index in [0.717, 1.165) is 5.56 Å². The fourth-order valence-corrected chi connectivity index (χ4v) is 4.49. The first kappa shape index (κ1) is 16.0. The van der Waals surface area contributed by atoms with Crippen molar-refractivity contribution in [3.8, 4) is 0 Å². The lowest BCUT2D eigenvalue weighted by Crippen LogP contribution is -2.31. The molecule has 1 saturated heterocycles. The van der Waals surface area contributed by atoms with Gasteiger partial charge in [0.2, 0.25) is 0 Å². The molecule has 1 heterocycles. The van der Waals surface area contributed by atoms with Crippen LogP contribution in [0.25, 0.3) is 0 Å². The Balaban J connectivity index is 1.90. The Labute approximate surface area is 125 Å². The fourth-order valence-electron chi connectivity index (χ4n) is 2.63. The molecule has 0 spiro atoms. The summed E-state index contributed by atoms with van der Waals surface area (Å²) in [5.74, 6) is 0.0122. The van der Waals surface area contributed by atoms with Crippen LogP contribution in [0.3, 0.4) is 0 Å². The van der Waals surface area contributed by atoms with Gasteiger partial charge in [-0.15, -0.1) is 0 Å². The van der Waals surface area contributed by atoms with Crippen LogP contribution in [0.15, 0.2) is 30.3 Å². The maximum absolute atomic E-state index is 11.9. The third kappa shape index (κ3) is 4.54. The first-order valence-corrected chi connectivity index (χ1v) is 8.88. The molecule has 5 nitrogen and oxygen atoms in total. The van der Waals surface area contributed by atoms with Crippen molar-refractivity contribution in [1.82, 2.24) is 5.32 Å². The quantitative estimate of drug-likeness (QED) is 0.793. The minimum absolute atomic E-state index is 0.143. The smallest absolute Gasteiger partial charge is 0.314 e. The van der Waals surface area contributed by atoms with Gasteiger partial charge in [-0.3, -0.25) is 4.79 Å². The lowest BCUT2D eigenvalue weighted by atomic mass is 9.99. The number of ether oxygens (including phenoxy) is 1. The fraction of sp³-hybridized carbons (Fsp3) is 0.533. The predicted octanol–water partition coefficient (Wildman–Crippen LogP) is 0.968. The second-order valence-corrected chi connectivity index (χ2v) is 7.64. The van der Waals surface area contributed by atoms with Gasteiger partial charge in [0, 0.05) is 6.54 Å². The highest BCUT2D eigenvalue weighted by atomic mass is 32.2. The van der Waals surface area contributed by atoms with Crippen molar-refractivity contribution in [2.24, 2.45) is 5.92 Å². The van der Waals surface area contributed by atoms with E-state index in [1.165, 1.54) is 7.11 Å². The van der Waals surface area contributed by atoms with Gasteiger partial charge in [-0.1, -0.05) is 30.3 Å². The van der Waals surface area contributed by atoms with E-state index in [1.54, 1.807) is 0 Å². The third-order valence-corrected chi connectivity index (χ3v) is 5.63. The number of benzene rings is 1. The average molecular weight is 311 g/mol. The number of rotatable bonds is 6. The highest BCUT2D eigenvalue weighted by Gasteiger charge is 2.28. The molecule has 1 N–H and O–H groups in total. The molecule has 0 radical (unpaired) electrons. The molecule has 1 fully saturated rings. The lowest BCUT2D eigenvalue weighted by Gasteiger charge is -2.17. The van der Waals surface area contributed by atoms with Crippen molar-refractivity contribution < 1.29 is 17.9 Å². The molecule has 0 aromatic heterocycles. The van der Waals surface area contributed by atoms with Crippen LogP contribution in [0.1, 0.15) is 17.9 Å². The molecule has 0 aliphatic carbocycles. The molecule has 116 valence electrons. The number of carbonyl (C=O) groups is 1. The summed E-state index contributed by atoms with van der Waals surface area (Å²) < 4.78 is 27.7. The Hall–Kier alpha value is -1.40. The third-order valence-electron chi connectivity index (χ3n) is 3.80. The molecule has 1 aliphatic rings. The van der Waals surface area contributed by atoms with E-state index in [0.29, 0.717) is 19.5 Å². The van der Waals surface area contributed by atoms with Crippen LogP contribution >= 0.6 is 0 Å². The molecule has 0 bridgehead atoms. The largest absolute Gasteiger partial charge is 0.469 e. The van der Waals surface area contributed by atoms with Crippen molar-refractivity contribution in [3.63, 3.8) is 0 Å². The molecule has 2 unspecified atom stereocenters. The maximum atomic E-state index is 11.9. The average Bonchev–Trinajstić information content (AvgIpc) is 2.83. The molecule has 6 heteroatoms. The van der Waals surface area contributed by atoms with Gasteiger partial charge in [-0.2, -0.15) is 0 Å². The maximum Gasteiger partial charge on any atom is 0.314 e. The summed E-state index contributed by atoms with van der Waals surface area (Å²) in [6, 6.07) is 9.45. The van der Waals surface area contributed by atoms with E-state index in [4.69, 9.17) is 4.74 Å². The second-order valence-electron chi connectivity index (χ2n) is 5.41. The van der Waals surface area contributed by atoms with Gasteiger partial charge in [0.1, 0.15) is 0 Å². The second kappa shape index (κ2) is 7.04. The van der Waals surface area contributed by atoms with E-state index in [-0.39, 0.29) is 29.3 Å². The molecule has 0 amide bonds. The van der Waals surface area contributed by atoms with Gasteiger partial charge in [0.05, 0.1) is 24.5 Å². The van der Waals surface area contributed by atoms with Crippen molar-refractivity contribution in [2.75, 3.05) is 31.7 Å². The van der Waals surface area contributed by atoms with Crippen molar-refractivity contribution >= 4 is 15.8 Å². The Morgan fingerprint density at radius 2 is 2.10 bits per heavy atom. The van der Waals surface area contributed by atoms with E-state index in [9.17, 15) is 13.2 Å². The zero-order valence-corrected chi connectivity index (χ0v) is 12.9.